The van der Waals surface area contributed by atoms with E-state index in [4.69, 9.17) is 57.4 Å². The molecule has 0 amide bonds. The Hall–Kier alpha value is 0.660. The van der Waals surface area contributed by atoms with Crippen molar-refractivity contribution in [1.82, 2.24) is 0 Å². The van der Waals surface area contributed by atoms with E-state index in [1.807, 2.05) is 0 Å². The van der Waals surface area contributed by atoms with Gasteiger partial charge in [0.2, 0.25) is 3.79 Å². The number of alkyl halides is 3. The van der Waals surface area contributed by atoms with Crippen molar-refractivity contribution in [2.24, 2.45) is 0 Å². The molecule has 0 aromatic rings. The van der Waals surface area contributed by atoms with E-state index in [9.17, 15) is 0 Å². The largest absolute Gasteiger partial charge is 0.394 e. The second-order valence-corrected chi connectivity index (χ2v) is 10.3. The van der Waals surface area contributed by atoms with Gasteiger partial charge in [0.25, 0.3) is 0 Å². The first-order chi connectivity index (χ1) is 12.8. The lowest BCUT2D eigenvalue weighted by Crippen LogP contribution is -2.50. The summed E-state index contributed by atoms with van der Waals surface area (Å²) < 4.78 is 31.5. The van der Waals surface area contributed by atoms with E-state index < -0.39 is 20.8 Å². The van der Waals surface area contributed by atoms with Gasteiger partial charge in [-0.2, -0.15) is 8.42 Å². The first-order valence-electron chi connectivity index (χ1n) is 10.0. The van der Waals surface area contributed by atoms with Crippen LogP contribution < -0.4 is 0 Å². The molecule has 0 atom stereocenters. The molecule has 0 saturated carbocycles. The number of aliphatic hydroxyl groups is 1. The lowest BCUT2D eigenvalue weighted by Gasteiger charge is -2.39. The van der Waals surface area contributed by atoms with E-state index in [0.29, 0.717) is 0 Å². The lowest BCUT2D eigenvalue weighted by molar-refractivity contribution is -0.929. The molecule has 0 aliphatic rings. The normalized spacial score (nSPS) is 11.9. The average Bonchev–Trinajstić information content (AvgIpc) is 2.59. The van der Waals surface area contributed by atoms with Gasteiger partial charge < -0.3 is 9.59 Å². The van der Waals surface area contributed by atoms with Gasteiger partial charge >= 0.3 is 10.4 Å². The zero-order chi connectivity index (χ0) is 22.7. The minimum absolute atomic E-state index is 0.433. The van der Waals surface area contributed by atoms with Crippen LogP contribution in [-0.4, -0.2) is 63.7 Å². The van der Waals surface area contributed by atoms with Crippen LogP contribution in [0.3, 0.4) is 0 Å². The molecule has 10 heteroatoms. The number of unbranched alkanes of at least 4 members (excludes halogenated alkanes) is 4. The number of hydrogen-bond donors (Lipinski definition) is 3. The average molecular weight is 490 g/mol. The number of aliphatic hydroxyl groups excluding tert-OH is 1. The Balaban J connectivity index is -0.000000464. The van der Waals surface area contributed by atoms with Crippen molar-refractivity contribution in [3.8, 4) is 0 Å². The summed E-state index contributed by atoms with van der Waals surface area (Å²) in [5.41, 5.74) is 0. The summed E-state index contributed by atoms with van der Waals surface area (Å²) in [4.78, 5) is 0. The third-order valence-electron chi connectivity index (χ3n) is 4.12. The van der Waals surface area contributed by atoms with Gasteiger partial charge in [0, 0.05) is 0 Å². The second-order valence-electron chi connectivity index (χ2n) is 6.87. The molecule has 0 spiro atoms. The standard InChI is InChI=1S/C16H36N.C2H3Cl3O.H2O4S/c1-5-9-13-17(14-10-6-2,15-11-7-3)16-12-8-4;3-2(4,5)1-6;1-5(2,3)4/h5-16H2,1-4H3;6H,1H2;(H2,1,2,3,4)/q+1;;. The van der Waals surface area contributed by atoms with Crippen LogP contribution >= 0.6 is 34.8 Å². The number of rotatable bonds is 12. The molecule has 0 bridgehead atoms. The van der Waals surface area contributed by atoms with Crippen LogP contribution in [0, 0.1) is 0 Å². The summed E-state index contributed by atoms with van der Waals surface area (Å²) in [6.45, 7) is 14.6. The molecule has 0 rings (SSSR count). The van der Waals surface area contributed by atoms with Gasteiger partial charge in [-0.3, -0.25) is 9.11 Å². The van der Waals surface area contributed by atoms with E-state index in [0.717, 1.165) is 0 Å². The van der Waals surface area contributed by atoms with Gasteiger partial charge in [-0.25, -0.2) is 0 Å². The third-order valence-corrected chi connectivity index (χ3v) is 4.48. The van der Waals surface area contributed by atoms with E-state index in [2.05, 4.69) is 27.7 Å². The Morgan fingerprint density at radius 3 is 1.00 bits per heavy atom. The second kappa shape index (κ2) is 19.6. The Labute approximate surface area is 187 Å². The summed E-state index contributed by atoms with van der Waals surface area (Å²) in [6.07, 6.45) is 11.1. The van der Waals surface area contributed by atoms with Gasteiger partial charge in [-0.05, 0) is 25.7 Å². The van der Waals surface area contributed by atoms with Crippen LogP contribution in [-0.2, 0) is 10.4 Å². The highest BCUT2D eigenvalue weighted by Gasteiger charge is 2.24. The lowest BCUT2D eigenvalue weighted by atomic mass is 10.1. The molecule has 0 aliphatic carbocycles. The van der Waals surface area contributed by atoms with Crippen molar-refractivity contribution in [1.29, 1.82) is 0 Å². The van der Waals surface area contributed by atoms with E-state index in [-0.39, 0.29) is 0 Å². The molecule has 0 radical (unpaired) electrons. The molecule has 0 heterocycles. The molecule has 3 N–H and O–H groups in total. The van der Waals surface area contributed by atoms with E-state index in [1.54, 1.807) is 0 Å². The smallest absolute Gasteiger partial charge is 0.392 e. The predicted molar refractivity (Wildman–Crippen MR) is 121 cm³/mol. The van der Waals surface area contributed by atoms with Crippen molar-refractivity contribution in [3.05, 3.63) is 0 Å². The summed E-state index contributed by atoms with van der Waals surface area (Å²) in [6, 6.07) is 0. The highest BCUT2D eigenvalue weighted by atomic mass is 35.6. The number of hydrogen-bond acceptors (Lipinski definition) is 3. The molecular weight excluding hydrogens is 449 g/mol. The van der Waals surface area contributed by atoms with Crippen molar-refractivity contribution in [2.75, 3.05) is 32.8 Å². The Kier molecular flexibility index (Phi) is 23.3. The van der Waals surface area contributed by atoms with Crippen molar-refractivity contribution in [3.63, 3.8) is 0 Å². The van der Waals surface area contributed by atoms with Gasteiger partial charge in [0.1, 0.15) is 0 Å². The zero-order valence-corrected chi connectivity index (χ0v) is 20.9. The summed E-state index contributed by atoms with van der Waals surface area (Å²) in [7, 11) is -4.67. The molecular formula is C18H41Cl3NO5S+. The molecule has 0 saturated heterocycles. The van der Waals surface area contributed by atoms with Gasteiger partial charge in [-0.15, -0.1) is 0 Å². The molecule has 6 nitrogen and oxygen atoms in total. The highest BCUT2D eigenvalue weighted by Crippen LogP contribution is 2.23. The van der Waals surface area contributed by atoms with Crippen LogP contribution in [0.1, 0.15) is 79.1 Å². The van der Waals surface area contributed by atoms with E-state index in [1.165, 1.54) is 82.0 Å². The molecule has 0 fully saturated rings. The molecule has 0 unspecified atom stereocenters. The highest BCUT2D eigenvalue weighted by molar-refractivity contribution is 7.79. The van der Waals surface area contributed by atoms with Crippen molar-refractivity contribution < 1.29 is 27.1 Å². The number of halogens is 3. The first-order valence-corrected chi connectivity index (χ1v) is 12.6. The fourth-order valence-electron chi connectivity index (χ4n) is 2.64. The molecule has 0 aromatic carbocycles. The zero-order valence-electron chi connectivity index (χ0n) is 17.8. The Morgan fingerprint density at radius 2 is 0.893 bits per heavy atom. The summed E-state index contributed by atoms with van der Waals surface area (Å²) in [5.74, 6) is 0. The van der Waals surface area contributed by atoms with Gasteiger partial charge in [0.15, 0.2) is 0 Å². The maximum Gasteiger partial charge on any atom is 0.394 e. The third kappa shape index (κ3) is 31.4. The topological polar surface area (TPSA) is 94.8 Å². The van der Waals surface area contributed by atoms with Crippen LogP contribution in [0.25, 0.3) is 0 Å². The van der Waals surface area contributed by atoms with Gasteiger partial charge in [-0.1, -0.05) is 88.2 Å². The van der Waals surface area contributed by atoms with Crippen LogP contribution in [0.2, 0.25) is 0 Å². The van der Waals surface area contributed by atoms with Crippen molar-refractivity contribution >= 4 is 45.2 Å². The number of nitrogens with zero attached hydrogens (tertiary/aromatic N) is 1. The fourth-order valence-corrected chi connectivity index (χ4v) is 2.64. The SMILES string of the molecule is CCCC[N+](CCCC)(CCCC)CCCC.O=S(=O)(O)O.OCC(Cl)(Cl)Cl. The minimum atomic E-state index is -4.67. The quantitative estimate of drug-likeness (QED) is 0.186. The molecule has 174 valence electrons. The molecule has 0 aromatic heterocycles. The van der Waals surface area contributed by atoms with Gasteiger partial charge in [0.05, 0.1) is 32.8 Å². The maximum absolute atomic E-state index is 8.74. The van der Waals surface area contributed by atoms with Crippen LogP contribution in [0.15, 0.2) is 0 Å². The monoisotopic (exact) mass is 488 g/mol. The first kappa shape index (κ1) is 33.3. The summed E-state index contributed by atoms with van der Waals surface area (Å²) in [5, 5.41) is 8.01. The number of quaternary nitrogens is 1. The minimum Gasteiger partial charge on any atom is -0.392 e. The molecule has 0 aliphatic heterocycles. The summed E-state index contributed by atoms with van der Waals surface area (Å²) >= 11 is 15.0. The maximum atomic E-state index is 8.74. The Bertz CT molecular complexity index is 386. The molecule has 28 heavy (non-hydrogen) atoms. The van der Waals surface area contributed by atoms with E-state index >= 15 is 0 Å². The van der Waals surface area contributed by atoms with Crippen LogP contribution in [0.4, 0.5) is 0 Å². The van der Waals surface area contributed by atoms with Crippen molar-refractivity contribution in [2.45, 2.75) is 82.9 Å². The predicted octanol–water partition coefficient (Wildman–Crippen LogP) is 5.70. The Morgan fingerprint density at radius 1 is 0.714 bits per heavy atom. The fraction of sp³-hybridized carbons (Fsp3) is 1.00. The van der Waals surface area contributed by atoms with Crippen LogP contribution in [0.5, 0.6) is 0 Å².